The number of rotatable bonds is 7. The molecule has 1 heterocycles. The maximum Gasteiger partial charge on any atom is 0.248 e. The van der Waals surface area contributed by atoms with Crippen molar-refractivity contribution in [1.29, 1.82) is 0 Å². The number of nitrogens with zero attached hydrogens (tertiary/aromatic N) is 2. The molecule has 2 aromatic rings. The molecule has 9 heteroatoms. The Hall–Kier alpha value is -2.46. The van der Waals surface area contributed by atoms with Crippen molar-refractivity contribution in [2.24, 2.45) is 5.92 Å². The molecule has 3 atom stereocenters. The van der Waals surface area contributed by atoms with Gasteiger partial charge in [0, 0.05) is 32.7 Å². The zero-order valence-electron chi connectivity index (χ0n) is 19.5. The van der Waals surface area contributed by atoms with Crippen LogP contribution in [0.3, 0.4) is 0 Å². The molecule has 0 unspecified atom stereocenters. The lowest BCUT2D eigenvalue weighted by Crippen LogP contribution is -2.50. The number of fused-ring (bicyclic) bond motifs is 1. The van der Waals surface area contributed by atoms with Crippen molar-refractivity contribution in [3.8, 4) is 16.9 Å². The largest absolute Gasteiger partial charge is 0.487 e. The lowest BCUT2D eigenvalue weighted by Gasteiger charge is -2.37. The predicted octanol–water partition coefficient (Wildman–Crippen LogP) is 2.23. The van der Waals surface area contributed by atoms with E-state index in [1.807, 2.05) is 37.3 Å². The average Bonchev–Trinajstić information content (AvgIpc) is 2.81. The number of sulfonamides is 1. The highest BCUT2D eigenvalue weighted by atomic mass is 32.2. The lowest BCUT2D eigenvalue weighted by molar-refractivity contribution is -0.135. The standard InChI is InChI=1S/C24H32N2O6S/c1-17-13-26(18(2)15-27)33(29,30)23-11-10-20(19-8-6-5-7-9-19)12-21(23)32-22(17)14-25(3)24(28)16-31-4/h5-12,17-18,22,27H,13-16H2,1-4H3/t17-,18-,22-/m0/s1. The number of amides is 1. The fourth-order valence-electron chi connectivity index (χ4n) is 3.86. The van der Waals surface area contributed by atoms with Crippen LogP contribution < -0.4 is 4.74 Å². The van der Waals surface area contributed by atoms with Gasteiger partial charge in [-0.25, -0.2) is 8.42 Å². The van der Waals surface area contributed by atoms with Crippen LogP contribution in [-0.4, -0.2) is 81.2 Å². The second-order valence-corrected chi connectivity index (χ2v) is 10.3. The second kappa shape index (κ2) is 10.6. The van der Waals surface area contributed by atoms with Gasteiger partial charge in [-0.2, -0.15) is 4.31 Å². The third-order valence-electron chi connectivity index (χ3n) is 5.92. The van der Waals surface area contributed by atoms with Gasteiger partial charge >= 0.3 is 0 Å². The molecule has 1 N–H and O–H groups in total. The van der Waals surface area contributed by atoms with Crippen molar-refractivity contribution in [1.82, 2.24) is 9.21 Å². The molecule has 2 aromatic carbocycles. The molecule has 0 fully saturated rings. The molecular formula is C24H32N2O6S. The minimum Gasteiger partial charge on any atom is -0.487 e. The average molecular weight is 477 g/mol. The molecule has 0 radical (unpaired) electrons. The third-order valence-corrected chi connectivity index (χ3v) is 7.94. The van der Waals surface area contributed by atoms with Gasteiger partial charge in [0.25, 0.3) is 0 Å². The van der Waals surface area contributed by atoms with Crippen LogP contribution in [0.25, 0.3) is 11.1 Å². The Balaban J connectivity index is 2.08. The summed E-state index contributed by atoms with van der Waals surface area (Å²) in [6, 6.07) is 14.1. The first kappa shape index (κ1) is 25.2. The van der Waals surface area contributed by atoms with Gasteiger partial charge in [-0.3, -0.25) is 4.79 Å². The molecule has 180 valence electrons. The van der Waals surface area contributed by atoms with E-state index >= 15 is 0 Å². The van der Waals surface area contributed by atoms with E-state index in [1.165, 1.54) is 16.3 Å². The van der Waals surface area contributed by atoms with E-state index in [0.717, 1.165) is 11.1 Å². The number of methoxy groups -OCH3 is 1. The van der Waals surface area contributed by atoms with Gasteiger partial charge in [0.1, 0.15) is 23.4 Å². The maximum absolute atomic E-state index is 13.5. The summed E-state index contributed by atoms with van der Waals surface area (Å²) in [5, 5.41) is 9.75. The molecule has 0 aromatic heterocycles. The fraction of sp³-hybridized carbons (Fsp3) is 0.458. The predicted molar refractivity (Wildman–Crippen MR) is 125 cm³/mol. The number of ether oxygens (including phenoxy) is 2. The number of carbonyl (C=O) groups excluding carboxylic acids is 1. The number of aliphatic hydroxyl groups is 1. The number of hydrogen-bond donors (Lipinski definition) is 1. The zero-order valence-corrected chi connectivity index (χ0v) is 20.3. The summed E-state index contributed by atoms with van der Waals surface area (Å²) in [5.41, 5.74) is 1.75. The van der Waals surface area contributed by atoms with Crippen molar-refractivity contribution in [3.63, 3.8) is 0 Å². The van der Waals surface area contributed by atoms with Crippen LogP contribution >= 0.6 is 0 Å². The van der Waals surface area contributed by atoms with E-state index in [4.69, 9.17) is 9.47 Å². The van der Waals surface area contributed by atoms with E-state index < -0.39 is 22.2 Å². The summed E-state index contributed by atoms with van der Waals surface area (Å²) in [6.07, 6.45) is -0.468. The monoisotopic (exact) mass is 476 g/mol. The minimum absolute atomic E-state index is 0.0465. The van der Waals surface area contributed by atoms with Crippen molar-refractivity contribution >= 4 is 15.9 Å². The van der Waals surface area contributed by atoms with Crippen LogP contribution in [0.5, 0.6) is 5.75 Å². The SMILES string of the molecule is COCC(=O)N(C)C[C@@H]1Oc2cc(-c3ccccc3)ccc2S(=O)(=O)N([C@@H](C)CO)C[C@@H]1C. The third kappa shape index (κ3) is 5.55. The summed E-state index contributed by atoms with van der Waals surface area (Å²) < 4.78 is 39.7. The first-order valence-electron chi connectivity index (χ1n) is 10.9. The Kier molecular flexibility index (Phi) is 8.12. The highest BCUT2D eigenvalue weighted by Gasteiger charge is 2.38. The van der Waals surface area contributed by atoms with Gasteiger partial charge < -0.3 is 19.5 Å². The molecule has 33 heavy (non-hydrogen) atoms. The topological polar surface area (TPSA) is 96.4 Å². The molecule has 1 aliphatic rings. The lowest BCUT2D eigenvalue weighted by atomic mass is 10.0. The number of aliphatic hydroxyl groups excluding tert-OH is 1. The summed E-state index contributed by atoms with van der Waals surface area (Å²) in [4.78, 5) is 13.9. The van der Waals surface area contributed by atoms with E-state index in [1.54, 1.807) is 32.2 Å². The number of carbonyl (C=O) groups is 1. The summed E-state index contributed by atoms with van der Waals surface area (Å²) >= 11 is 0. The quantitative estimate of drug-likeness (QED) is 0.658. The Morgan fingerprint density at radius 1 is 1.24 bits per heavy atom. The van der Waals surface area contributed by atoms with Gasteiger partial charge in [-0.15, -0.1) is 0 Å². The Labute approximate surface area is 195 Å². The second-order valence-electron chi connectivity index (χ2n) is 8.47. The Morgan fingerprint density at radius 2 is 1.94 bits per heavy atom. The van der Waals surface area contributed by atoms with Gasteiger partial charge in [0.05, 0.1) is 13.2 Å². The van der Waals surface area contributed by atoms with Crippen molar-refractivity contribution < 1.29 is 27.8 Å². The highest BCUT2D eigenvalue weighted by Crippen LogP contribution is 2.36. The van der Waals surface area contributed by atoms with E-state index in [-0.39, 0.29) is 48.8 Å². The summed E-state index contributed by atoms with van der Waals surface area (Å²) in [6.45, 7) is 3.63. The first-order chi connectivity index (χ1) is 15.7. The van der Waals surface area contributed by atoms with E-state index in [9.17, 15) is 18.3 Å². The van der Waals surface area contributed by atoms with Crippen LogP contribution in [0.1, 0.15) is 13.8 Å². The molecule has 8 nitrogen and oxygen atoms in total. The summed E-state index contributed by atoms with van der Waals surface area (Å²) in [5.74, 6) is -0.211. The normalized spacial score (nSPS) is 21.2. The molecule has 0 bridgehead atoms. The first-order valence-corrected chi connectivity index (χ1v) is 12.3. The Morgan fingerprint density at radius 3 is 2.58 bits per heavy atom. The van der Waals surface area contributed by atoms with Gasteiger partial charge in [0.15, 0.2) is 0 Å². The molecule has 1 aliphatic heterocycles. The van der Waals surface area contributed by atoms with Gasteiger partial charge in [-0.1, -0.05) is 43.3 Å². The highest BCUT2D eigenvalue weighted by molar-refractivity contribution is 7.89. The fourth-order valence-corrected chi connectivity index (χ4v) is 5.68. The molecule has 3 rings (SSSR count). The molecular weight excluding hydrogens is 444 g/mol. The van der Waals surface area contributed by atoms with E-state index in [2.05, 4.69) is 0 Å². The van der Waals surface area contributed by atoms with Gasteiger partial charge in [0.2, 0.25) is 15.9 Å². The van der Waals surface area contributed by atoms with Gasteiger partial charge in [-0.05, 0) is 30.2 Å². The number of likely N-dealkylation sites (N-methyl/N-ethyl adjacent to an activating group) is 1. The molecule has 0 saturated heterocycles. The van der Waals surface area contributed by atoms with Crippen LogP contribution in [0.2, 0.25) is 0 Å². The molecule has 1 amide bonds. The van der Waals surface area contributed by atoms with E-state index in [0.29, 0.717) is 0 Å². The van der Waals surface area contributed by atoms with Crippen molar-refractivity contribution in [3.05, 3.63) is 48.5 Å². The molecule has 0 spiro atoms. The van der Waals surface area contributed by atoms with Crippen LogP contribution in [-0.2, 0) is 19.6 Å². The number of hydrogen-bond acceptors (Lipinski definition) is 6. The van der Waals surface area contributed by atoms with Crippen LogP contribution in [0, 0.1) is 5.92 Å². The maximum atomic E-state index is 13.5. The smallest absolute Gasteiger partial charge is 0.248 e. The van der Waals surface area contributed by atoms with Crippen LogP contribution in [0.4, 0.5) is 0 Å². The van der Waals surface area contributed by atoms with Crippen molar-refractivity contribution in [2.45, 2.75) is 30.9 Å². The van der Waals surface area contributed by atoms with Crippen molar-refractivity contribution in [2.75, 3.05) is 40.5 Å². The van der Waals surface area contributed by atoms with Crippen LogP contribution in [0.15, 0.2) is 53.4 Å². The number of benzene rings is 2. The Bertz CT molecular complexity index is 1060. The summed E-state index contributed by atoms with van der Waals surface area (Å²) in [7, 11) is -0.787. The molecule has 0 saturated carbocycles. The zero-order chi connectivity index (χ0) is 24.2. The minimum atomic E-state index is -3.91. The molecule has 0 aliphatic carbocycles.